The molecule has 0 bridgehead atoms. The number of nitrogens with zero attached hydrogens (tertiary/aromatic N) is 1. The van der Waals surface area contributed by atoms with Gasteiger partial charge in [0.25, 0.3) is 0 Å². The van der Waals surface area contributed by atoms with Crippen molar-refractivity contribution < 1.29 is 4.74 Å². The van der Waals surface area contributed by atoms with E-state index in [1.807, 2.05) is 37.2 Å². The molecule has 4 heteroatoms. The van der Waals surface area contributed by atoms with Crippen LogP contribution in [-0.2, 0) is 4.74 Å². The van der Waals surface area contributed by atoms with E-state index in [0.717, 1.165) is 16.4 Å². The molecule has 1 aromatic carbocycles. The minimum atomic E-state index is 0.271. The third-order valence-corrected chi connectivity index (χ3v) is 3.23. The second kappa shape index (κ2) is 6.86. The zero-order valence-electron chi connectivity index (χ0n) is 11.8. The lowest BCUT2D eigenvalue weighted by Gasteiger charge is -2.26. The number of hydrogen-bond donors (Lipinski definition) is 1. The van der Waals surface area contributed by atoms with Gasteiger partial charge in [0.1, 0.15) is 0 Å². The number of methoxy groups -OCH3 is 1. The van der Waals surface area contributed by atoms with Crippen molar-refractivity contribution in [3.8, 4) is 0 Å². The van der Waals surface area contributed by atoms with E-state index in [1.165, 1.54) is 0 Å². The molecule has 0 saturated carbocycles. The Kier molecular flexibility index (Phi) is 5.76. The van der Waals surface area contributed by atoms with E-state index in [2.05, 4.69) is 19.2 Å². The molecular weight excluding hydrogens is 248 g/mol. The van der Waals surface area contributed by atoms with E-state index < -0.39 is 0 Å². The van der Waals surface area contributed by atoms with Crippen LogP contribution < -0.4 is 10.2 Å². The van der Waals surface area contributed by atoms with Crippen molar-refractivity contribution >= 4 is 23.0 Å². The van der Waals surface area contributed by atoms with Crippen molar-refractivity contribution in [1.82, 2.24) is 0 Å². The van der Waals surface area contributed by atoms with Gasteiger partial charge in [-0.3, -0.25) is 0 Å². The molecule has 0 aliphatic rings. The summed E-state index contributed by atoms with van der Waals surface area (Å²) in [7, 11) is 5.71. The van der Waals surface area contributed by atoms with Gasteiger partial charge in [0.2, 0.25) is 0 Å². The molecule has 3 nitrogen and oxygen atoms in total. The van der Waals surface area contributed by atoms with Crippen molar-refractivity contribution in [3.63, 3.8) is 0 Å². The zero-order chi connectivity index (χ0) is 13.7. The lowest BCUT2D eigenvalue weighted by atomic mass is 10.0. The van der Waals surface area contributed by atoms with Gasteiger partial charge in [-0.05, 0) is 18.1 Å². The number of rotatable bonds is 6. The van der Waals surface area contributed by atoms with Crippen LogP contribution in [0.3, 0.4) is 0 Å². The molecule has 1 aromatic rings. The maximum absolute atomic E-state index is 6.25. The lowest BCUT2D eigenvalue weighted by molar-refractivity contribution is 0.171. The summed E-state index contributed by atoms with van der Waals surface area (Å²) in [5, 5.41) is 4.27. The molecule has 0 saturated heterocycles. The molecule has 102 valence electrons. The van der Waals surface area contributed by atoms with Crippen LogP contribution >= 0.6 is 11.6 Å². The van der Waals surface area contributed by atoms with Crippen LogP contribution in [0, 0.1) is 5.92 Å². The maximum Gasteiger partial charge on any atom is 0.0786 e. The number of halogens is 1. The highest BCUT2D eigenvalue weighted by Crippen LogP contribution is 2.33. The standard InChI is InChI=1S/C14H23ClN2O/c1-10(2)13(9-18-5)16-12-8-6-7-11(15)14(12)17(3)4/h6-8,10,13,16H,9H2,1-5H3. The van der Waals surface area contributed by atoms with E-state index >= 15 is 0 Å². The van der Waals surface area contributed by atoms with Crippen molar-refractivity contribution in [2.75, 3.05) is 38.0 Å². The monoisotopic (exact) mass is 270 g/mol. The van der Waals surface area contributed by atoms with Gasteiger partial charge in [-0.15, -0.1) is 0 Å². The number of benzene rings is 1. The highest BCUT2D eigenvalue weighted by Gasteiger charge is 2.16. The van der Waals surface area contributed by atoms with Gasteiger partial charge in [-0.1, -0.05) is 31.5 Å². The first-order chi connectivity index (χ1) is 8.47. The molecule has 0 heterocycles. The minimum absolute atomic E-state index is 0.271. The molecule has 0 spiro atoms. The molecule has 0 fully saturated rings. The number of ether oxygens (including phenoxy) is 1. The molecule has 0 amide bonds. The highest BCUT2D eigenvalue weighted by atomic mass is 35.5. The van der Waals surface area contributed by atoms with Crippen LogP contribution in [0.1, 0.15) is 13.8 Å². The third-order valence-electron chi connectivity index (χ3n) is 2.93. The first-order valence-corrected chi connectivity index (χ1v) is 6.56. The second-order valence-electron chi connectivity index (χ2n) is 4.98. The van der Waals surface area contributed by atoms with E-state index in [0.29, 0.717) is 12.5 Å². The van der Waals surface area contributed by atoms with Crippen LogP contribution in [0.5, 0.6) is 0 Å². The van der Waals surface area contributed by atoms with Crippen LogP contribution in [0.15, 0.2) is 18.2 Å². The summed E-state index contributed by atoms with van der Waals surface area (Å²) < 4.78 is 5.26. The predicted octanol–water partition coefficient (Wildman–Crippen LogP) is 3.49. The van der Waals surface area contributed by atoms with Crippen molar-refractivity contribution in [2.24, 2.45) is 5.92 Å². The van der Waals surface area contributed by atoms with Crippen LogP contribution in [-0.4, -0.2) is 33.9 Å². The summed E-state index contributed by atoms with van der Waals surface area (Å²) in [6.45, 7) is 5.03. The van der Waals surface area contributed by atoms with Crippen molar-refractivity contribution in [2.45, 2.75) is 19.9 Å². The molecule has 0 radical (unpaired) electrons. The average molecular weight is 271 g/mol. The van der Waals surface area contributed by atoms with Crippen LogP contribution in [0.4, 0.5) is 11.4 Å². The Morgan fingerprint density at radius 1 is 1.33 bits per heavy atom. The summed E-state index contributed by atoms with van der Waals surface area (Å²) >= 11 is 6.25. The van der Waals surface area contributed by atoms with E-state index in [4.69, 9.17) is 16.3 Å². The number of anilines is 2. The molecule has 1 N–H and O–H groups in total. The smallest absolute Gasteiger partial charge is 0.0786 e. The first kappa shape index (κ1) is 15.1. The molecular formula is C14H23ClN2O. The quantitative estimate of drug-likeness (QED) is 0.856. The molecule has 0 aliphatic carbocycles. The van der Waals surface area contributed by atoms with Gasteiger partial charge in [-0.25, -0.2) is 0 Å². The second-order valence-corrected chi connectivity index (χ2v) is 5.39. The first-order valence-electron chi connectivity index (χ1n) is 6.18. The SMILES string of the molecule is COCC(Nc1cccc(Cl)c1N(C)C)C(C)C. The minimum Gasteiger partial charge on any atom is -0.383 e. The summed E-state index contributed by atoms with van der Waals surface area (Å²) in [4.78, 5) is 2.02. The Balaban J connectivity index is 2.98. The van der Waals surface area contributed by atoms with Gasteiger partial charge in [-0.2, -0.15) is 0 Å². The Morgan fingerprint density at radius 2 is 2.00 bits per heavy atom. The Morgan fingerprint density at radius 3 is 2.50 bits per heavy atom. The molecule has 18 heavy (non-hydrogen) atoms. The molecule has 0 aliphatic heterocycles. The summed E-state index contributed by atoms with van der Waals surface area (Å²) in [5.74, 6) is 0.485. The molecule has 0 aromatic heterocycles. The largest absolute Gasteiger partial charge is 0.383 e. The molecule has 1 rings (SSSR count). The maximum atomic E-state index is 6.25. The zero-order valence-corrected chi connectivity index (χ0v) is 12.6. The predicted molar refractivity (Wildman–Crippen MR) is 79.9 cm³/mol. The highest BCUT2D eigenvalue weighted by molar-refractivity contribution is 6.34. The molecule has 1 unspecified atom stereocenters. The van der Waals surface area contributed by atoms with Crippen molar-refractivity contribution in [1.29, 1.82) is 0 Å². The van der Waals surface area contributed by atoms with Gasteiger partial charge in [0.05, 0.1) is 29.0 Å². The Hall–Kier alpha value is -0.930. The third kappa shape index (κ3) is 3.79. The summed E-state index contributed by atoms with van der Waals surface area (Å²) in [6.07, 6.45) is 0. The average Bonchev–Trinajstić information content (AvgIpc) is 2.27. The molecule has 1 atom stereocenters. The summed E-state index contributed by atoms with van der Waals surface area (Å²) in [6, 6.07) is 6.18. The van der Waals surface area contributed by atoms with Gasteiger partial charge >= 0.3 is 0 Å². The fourth-order valence-corrected chi connectivity index (χ4v) is 2.21. The Bertz CT molecular complexity index is 380. The van der Waals surface area contributed by atoms with Crippen LogP contribution in [0.2, 0.25) is 5.02 Å². The van der Waals surface area contributed by atoms with Crippen LogP contribution in [0.25, 0.3) is 0 Å². The van der Waals surface area contributed by atoms with Crippen molar-refractivity contribution in [3.05, 3.63) is 23.2 Å². The Labute approximate surface area is 115 Å². The van der Waals surface area contributed by atoms with Gasteiger partial charge in [0, 0.05) is 21.2 Å². The van der Waals surface area contributed by atoms with Gasteiger partial charge in [0.15, 0.2) is 0 Å². The number of para-hydroxylation sites is 1. The number of hydrogen-bond acceptors (Lipinski definition) is 3. The van der Waals surface area contributed by atoms with E-state index in [9.17, 15) is 0 Å². The fraction of sp³-hybridized carbons (Fsp3) is 0.571. The number of nitrogens with one attached hydrogen (secondary N) is 1. The van der Waals surface area contributed by atoms with Gasteiger partial charge < -0.3 is 15.0 Å². The lowest BCUT2D eigenvalue weighted by Crippen LogP contribution is -2.31. The fourth-order valence-electron chi connectivity index (χ4n) is 1.87. The topological polar surface area (TPSA) is 24.5 Å². The van der Waals surface area contributed by atoms with E-state index in [-0.39, 0.29) is 6.04 Å². The normalized spacial score (nSPS) is 12.6. The summed E-state index contributed by atoms with van der Waals surface area (Å²) in [5.41, 5.74) is 2.06. The van der Waals surface area contributed by atoms with E-state index in [1.54, 1.807) is 7.11 Å².